The number of nitrogens with one attached hydrogen (secondary N) is 1. The first-order valence-electron chi connectivity index (χ1n) is 7.17. The monoisotopic (exact) mass is 313 g/mol. The van der Waals surface area contributed by atoms with Gasteiger partial charge in [-0.15, -0.1) is 0 Å². The molecule has 0 aliphatic rings. The Bertz CT molecular complexity index is 845. The highest BCUT2D eigenvalue weighted by molar-refractivity contribution is 5.78. The minimum absolute atomic E-state index is 0.157. The summed E-state index contributed by atoms with van der Waals surface area (Å²) < 4.78 is 20.2. The molecule has 0 unspecified atom stereocenters. The van der Waals surface area contributed by atoms with Gasteiger partial charge < -0.3 is 14.6 Å². The summed E-state index contributed by atoms with van der Waals surface area (Å²) in [5, 5.41) is 2.76. The molecule has 23 heavy (non-hydrogen) atoms. The highest BCUT2D eigenvalue weighted by Gasteiger charge is 2.05. The Morgan fingerprint density at radius 1 is 1.30 bits per heavy atom. The zero-order valence-electron chi connectivity index (χ0n) is 12.6. The third kappa shape index (κ3) is 3.66. The summed E-state index contributed by atoms with van der Waals surface area (Å²) >= 11 is 0. The molecule has 6 heteroatoms. The maximum Gasteiger partial charge on any atom is 0.258 e. The van der Waals surface area contributed by atoms with E-state index in [2.05, 4.69) is 10.3 Å². The lowest BCUT2D eigenvalue weighted by atomic mass is 10.2. The molecule has 0 radical (unpaired) electrons. The highest BCUT2D eigenvalue weighted by Crippen LogP contribution is 2.14. The minimum Gasteiger partial charge on any atom is -0.484 e. The third-order valence-corrected chi connectivity index (χ3v) is 3.45. The fourth-order valence-corrected chi connectivity index (χ4v) is 2.25. The lowest BCUT2D eigenvalue weighted by molar-refractivity contribution is -0.123. The summed E-state index contributed by atoms with van der Waals surface area (Å²) in [7, 11) is 1.93. The maximum absolute atomic E-state index is 13.0. The zero-order valence-corrected chi connectivity index (χ0v) is 12.6. The number of benzene rings is 2. The number of fused-ring (bicyclic) bond motifs is 1. The van der Waals surface area contributed by atoms with Crippen molar-refractivity contribution in [1.29, 1.82) is 0 Å². The van der Waals surface area contributed by atoms with Gasteiger partial charge in [0.05, 0.1) is 17.4 Å². The number of aryl methyl sites for hydroxylation is 1. The smallest absolute Gasteiger partial charge is 0.258 e. The van der Waals surface area contributed by atoms with Gasteiger partial charge in [0.1, 0.15) is 11.6 Å². The first kappa shape index (κ1) is 15.0. The molecular formula is C17H16FN3O2. The van der Waals surface area contributed by atoms with E-state index in [1.165, 1.54) is 18.2 Å². The van der Waals surface area contributed by atoms with Crippen LogP contribution in [0, 0.1) is 5.82 Å². The van der Waals surface area contributed by atoms with Crippen LogP contribution in [0.1, 0.15) is 5.56 Å². The average Bonchev–Trinajstić information content (AvgIpc) is 2.92. The second-order valence-corrected chi connectivity index (χ2v) is 5.20. The fourth-order valence-electron chi connectivity index (χ4n) is 2.25. The van der Waals surface area contributed by atoms with Gasteiger partial charge in [0, 0.05) is 19.7 Å². The number of ether oxygens (including phenoxy) is 1. The number of rotatable bonds is 5. The standard InChI is InChI=1S/C17H16FN3O2/c1-21-11-20-15-7-12(5-6-16(15)21)9-19-17(22)10-23-14-4-2-3-13(18)8-14/h2-8,11H,9-10H2,1H3,(H,19,22). The van der Waals surface area contributed by atoms with Gasteiger partial charge in [0.2, 0.25) is 0 Å². The normalized spacial score (nSPS) is 10.7. The number of hydrogen-bond donors (Lipinski definition) is 1. The Hall–Kier alpha value is -2.89. The van der Waals surface area contributed by atoms with Crippen LogP contribution < -0.4 is 10.1 Å². The molecule has 5 nitrogen and oxygen atoms in total. The molecule has 0 saturated carbocycles. The van der Waals surface area contributed by atoms with Crippen molar-refractivity contribution in [2.24, 2.45) is 7.05 Å². The quantitative estimate of drug-likeness (QED) is 0.787. The molecule has 0 spiro atoms. The molecule has 0 fully saturated rings. The molecule has 1 aromatic heterocycles. The lowest BCUT2D eigenvalue weighted by Gasteiger charge is -2.08. The van der Waals surface area contributed by atoms with Crippen LogP contribution in [0.2, 0.25) is 0 Å². The van der Waals surface area contributed by atoms with Crippen molar-refractivity contribution in [3.8, 4) is 5.75 Å². The van der Waals surface area contributed by atoms with Crippen molar-refractivity contribution in [3.63, 3.8) is 0 Å². The third-order valence-electron chi connectivity index (χ3n) is 3.45. The maximum atomic E-state index is 13.0. The Morgan fingerprint density at radius 3 is 3.00 bits per heavy atom. The number of aromatic nitrogens is 2. The van der Waals surface area contributed by atoms with Gasteiger partial charge in [-0.25, -0.2) is 9.37 Å². The largest absolute Gasteiger partial charge is 0.484 e. The van der Waals surface area contributed by atoms with Crippen molar-refractivity contribution in [1.82, 2.24) is 14.9 Å². The molecule has 3 rings (SSSR count). The molecule has 0 aliphatic carbocycles. The first-order valence-corrected chi connectivity index (χ1v) is 7.17. The summed E-state index contributed by atoms with van der Waals surface area (Å²) in [6.45, 7) is 0.229. The average molecular weight is 313 g/mol. The van der Waals surface area contributed by atoms with Crippen LogP contribution in [-0.2, 0) is 18.4 Å². The van der Waals surface area contributed by atoms with Gasteiger partial charge in [0.25, 0.3) is 5.91 Å². The molecule has 1 heterocycles. The molecule has 0 atom stereocenters. The molecular weight excluding hydrogens is 297 g/mol. The molecule has 118 valence electrons. The minimum atomic E-state index is -0.397. The Labute approximate surface area is 132 Å². The fraction of sp³-hybridized carbons (Fsp3) is 0.176. The van der Waals surface area contributed by atoms with E-state index in [1.54, 1.807) is 12.4 Å². The second-order valence-electron chi connectivity index (χ2n) is 5.20. The summed E-state index contributed by atoms with van der Waals surface area (Å²) in [6, 6.07) is 11.5. The predicted octanol–water partition coefficient (Wildman–Crippen LogP) is 2.41. The molecule has 0 saturated heterocycles. The van der Waals surface area contributed by atoms with Gasteiger partial charge in [-0.05, 0) is 29.8 Å². The Kier molecular flexibility index (Phi) is 4.23. The van der Waals surface area contributed by atoms with E-state index >= 15 is 0 Å². The van der Waals surface area contributed by atoms with Crippen molar-refractivity contribution >= 4 is 16.9 Å². The van der Waals surface area contributed by atoms with E-state index in [0.717, 1.165) is 16.6 Å². The first-order chi connectivity index (χ1) is 11.1. The number of imidazole rings is 1. The topological polar surface area (TPSA) is 56.2 Å². The van der Waals surface area contributed by atoms with Gasteiger partial charge in [0.15, 0.2) is 6.61 Å². The number of carbonyl (C=O) groups is 1. The van der Waals surface area contributed by atoms with E-state index in [9.17, 15) is 9.18 Å². The summed E-state index contributed by atoms with van der Waals surface area (Å²) in [6.07, 6.45) is 1.75. The van der Waals surface area contributed by atoms with Crippen LogP contribution in [0.15, 0.2) is 48.8 Å². The van der Waals surface area contributed by atoms with Crippen LogP contribution in [-0.4, -0.2) is 22.1 Å². The summed E-state index contributed by atoms with van der Waals surface area (Å²) in [5.74, 6) is -0.336. The number of amides is 1. The van der Waals surface area contributed by atoms with Crippen LogP contribution in [0.25, 0.3) is 11.0 Å². The van der Waals surface area contributed by atoms with Gasteiger partial charge in [-0.1, -0.05) is 12.1 Å². The molecule has 1 N–H and O–H groups in total. The van der Waals surface area contributed by atoms with Gasteiger partial charge >= 0.3 is 0 Å². The lowest BCUT2D eigenvalue weighted by Crippen LogP contribution is -2.28. The van der Waals surface area contributed by atoms with Crippen molar-refractivity contribution in [2.45, 2.75) is 6.54 Å². The Morgan fingerprint density at radius 2 is 2.17 bits per heavy atom. The van der Waals surface area contributed by atoms with Crippen LogP contribution in [0.5, 0.6) is 5.75 Å². The molecule has 2 aromatic carbocycles. The van der Waals surface area contributed by atoms with Gasteiger partial charge in [-0.2, -0.15) is 0 Å². The van der Waals surface area contributed by atoms with Crippen molar-refractivity contribution in [3.05, 3.63) is 60.2 Å². The summed E-state index contributed by atoms with van der Waals surface area (Å²) in [4.78, 5) is 16.1. The highest BCUT2D eigenvalue weighted by atomic mass is 19.1. The Balaban J connectivity index is 1.53. The van der Waals surface area contributed by atoms with E-state index in [4.69, 9.17) is 4.74 Å². The van der Waals surface area contributed by atoms with Crippen molar-refractivity contribution in [2.75, 3.05) is 6.61 Å². The number of nitrogens with zero attached hydrogens (tertiary/aromatic N) is 2. The van der Waals surface area contributed by atoms with E-state index < -0.39 is 5.82 Å². The molecule has 1 amide bonds. The molecule has 0 aliphatic heterocycles. The predicted molar refractivity (Wildman–Crippen MR) is 84.5 cm³/mol. The summed E-state index contributed by atoms with van der Waals surface area (Å²) in [5.41, 5.74) is 2.88. The molecule has 0 bridgehead atoms. The number of hydrogen-bond acceptors (Lipinski definition) is 3. The number of halogens is 1. The van der Waals surface area contributed by atoms with E-state index in [0.29, 0.717) is 12.3 Å². The van der Waals surface area contributed by atoms with E-state index in [-0.39, 0.29) is 12.5 Å². The van der Waals surface area contributed by atoms with Crippen LogP contribution in [0.3, 0.4) is 0 Å². The van der Waals surface area contributed by atoms with E-state index in [1.807, 2.05) is 29.8 Å². The van der Waals surface area contributed by atoms with Crippen LogP contribution >= 0.6 is 0 Å². The second kappa shape index (κ2) is 6.48. The van der Waals surface area contributed by atoms with Gasteiger partial charge in [-0.3, -0.25) is 4.79 Å². The molecule has 3 aromatic rings. The number of carbonyl (C=O) groups excluding carboxylic acids is 1. The zero-order chi connectivity index (χ0) is 16.2. The van der Waals surface area contributed by atoms with Crippen molar-refractivity contribution < 1.29 is 13.9 Å². The SMILES string of the molecule is Cn1cnc2cc(CNC(=O)COc3cccc(F)c3)ccc21. The van der Waals surface area contributed by atoms with Crippen LogP contribution in [0.4, 0.5) is 4.39 Å².